The third-order valence-electron chi connectivity index (χ3n) is 5.13. The first kappa shape index (κ1) is 16.1. The molecule has 0 aliphatic heterocycles. The van der Waals surface area contributed by atoms with Gasteiger partial charge in [0.15, 0.2) is 11.5 Å². The Bertz CT molecular complexity index is 520. The van der Waals surface area contributed by atoms with Crippen molar-refractivity contribution in [3.8, 4) is 11.5 Å². The molecule has 0 radical (unpaired) electrons. The van der Waals surface area contributed by atoms with Crippen molar-refractivity contribution in [2.24, 2.45) is 5.73 Å². The van der Waals surface area contributed by atoms with E-state index in [9.17, 15) is 0 Å². The van der Waals surface area contributed by atoms with Crippen molar-refractivity contribution in [3.05, 3.63) is 22.2 Å². The predicted molar refractivity (Wildman–Crippen MR) is 92.5 cm³/mol. The van der Waals surface area contributed by atoms with Gasteiger partial charge >= 0.3 is 0 Å². The zero-order valence-electron chi connectivity index (χ0n) is 13.4. The fraction of sp³-hybridized carbons (Fsp3) is 0.667. The Kier molecular flexibility index (Phi) is 4.98. The highest BCUT2D eigenvalue weighted by Gasteiger charge is 2.31. The quantitative estimate of drug-likeness (QED) is 0.822. The molecule has 2 aliphatic rings. The highest BCUT2D eigenvalue weighted by atomic mass is 79.9. The normalized spacial score (nSPS) is 21.8. The number of nitrogens with two attached hydrogens (primary N) is 1. The van der Waals surface area contributed by atoms with E-state index in [1.165, 1.54) is 37.7 Å². The van der Waals surface area contributed by atoms with E-state index in [-0.39, 0.29) is 5.54 Å². The van der Waals surface area contributed by atoms with Gasteiger partial charge in [-0.05, 0) is 72.2 Å². The highest BCUT2D eigenvalue weighted by Crippen LogP contribution is 2.43. The Balaban J connectivity index is 1.92. The summed E-state index contributed by atoms with van der Waals surface area (Å²) < 4.78 is 12.7. The molecule has 2 fully saturated rings. The van der Waals surface area contributed by atoms with Crippen molar-refractivity contribution in [2.45, 2.75) is 69.4 Å². The topological polar surface area (TPSA) is 44.5 Å². The lowest BCUT2D eigenvalue weighted by Gasteiger charge is -2.34. The van der Waals surface area contributed by atoms with Gasteiger partial charge in [0, 0.05) is 5.54 Å². The number of halogens is 1. The minimum absolute atomic E-state index is 0.221. The maximum atomic E-state index is 6.70. The Morgan fingerprint density at radius 3 is 2.41 bits per heavy atom. The Morgan fingerprint density at radius 2 is 1.77 bits per heavy atom. The minimum Gasteiger partial charge on any atom is -0.492 e. The summed E-state index contributed by atoms with van der Waals surface area (Å²) in [7, 11) is 1.69. The molecule has 0 amide bonds. The maximum absolute atomic E-state index is 6.70. The van der Waals surface area contributed by atoms with E-state index in [4.69, 9.17) is 15.2 Å². The number of rotatable bonds is 4. The Morgan fingerprint density at radius 1 is 1.09 bits per heavy atom. The molecule has 3 rings (SSSR count). The molecule has 2 aliphatic carbocycles. The van der Waals surface area contributed by atoms with Crippen LogP contribution in [0, 0.1) is 0 Å². The van der Waals surface area contributed by atoms with Crippen LogP contribution in [-0.4, -0.2) is 13.2 Å². The number of ether oxygens (including phenoxy) is 2. The Hall–Kier alpha value is -0.740. The molecule has 1 aromatic rings. The molecule has 122 valence electrons. The first-order valence-corrected chi connectivity index (χ1v) is 9.25. The van der Waals surface area contributed by atoms with E-state index < -0.39 is 0 Å². The monoisotopic (exact) mass is 367 g/mol. The van der Waals surface area contributed by atoms with Gasteiger partial charge in [-0.2, -0.15) is 0 Å². The molecule has 0 spiro atoms. The fourth-order valence-electron chi connectivity index (χ4n) is 3.80. The van der Waals surface area contributed by atoms with E-state index in [2.05, 4.69) is 28.1 Å². The summed E-state index contributed by atoms with van der Waals surface area (Å²) in [5, 5.41) is 0. The van der Waals surface area contributed by atoms with Gasteiger partial charge in [0.25, 0.3) is 0 Å². The molecule has 0 aromatic heterocycles. The predicted octanol–water partition coefficient (Wildman–Crippen LogP) is 4.90. The first-order chi connectivity index (χ1) is 10.6. The second kappa shape index (κ2) is 6.79. The number of hydrogen-bond donors (Lipinski definition) is 1. The van der Waals surface area contributed by atoms with Crippen LogP contribution in [0.25, 0.3) is 0 Å². The minimum atomic E-state index is -0.221. The zero-order valence-corrected chi connectivity index (χ0v) is 15.0. The number of benzene rings is 1. The van der Waals surface area contributed by atoms with Crippen molar-refractivity contribution in [3.63, 3.8) is 0 Å². The zero-order chi connectivity index (χ0) is 15.6. The summed E-state index contributed by atoms with van der Waals surface area (Å²) in [5.74, 6) is 1.63. The average molecular weight is 368 g/mol. The molecule has 22 heavy (non-hydrogen) atoms. The lowest BCUT2D eigenvalue weighted by molar-refractivity contribution is 0.199. The van der Waals surface area contributed by atoms with Crippen LogP contribution in [-0.2, 0) is 5.54 Å². The smallest absolute Gasteiger partial charge is 0.174 e. The summed E-state index contributed by atoms with van der Waals surface area (Å²) >= 11 is 3.64. The Labute approximate surface area is 141 Å². The van der Waals surface area contributed by atoms with Crippen molar-refractivity contribution in [2.75, 3.05) is 7.11 Å². The maximum Gasteiger partial charge on any atom is 0.174 e. The van der Waals surface area contributed by atoms with E-state index >= 15 is 0 Å². The molecule has 0 bridgehead atoms. The average Bonchev–Trinajstić information content (AvgIpc) is 3.01. The van der Waals surface area contributed by atoms with Gasteiger partial charge in [0.1, 0.15) is 0 Å². The largest absolute Gasteiger partial charge is 0.492 e. The van der Waals surface area contributed by atoms with Gasteiger partial charge in [0.05, 0.1) is 17.7 Å². The summed E-state index contributed by atoms with van der Waals surface area (Å²) in [6, 6.07) is 4.24. The van der Waals surface area contributed by atoms with Gasteiger partial charge < -0.3 is 15.2 Å². The van der Waals surface area contributed by atoms with Gasteiger partial charge in [-0.25, -0.2) is 0 Å². The highest BCUT2D eigenvalue weighted by molar-refractivity contribution is 9.10. The van der Waals surface area contributed by atoms with Gasteiger partial charge in [-0.15, -0.1) is 0 Å². The molecule has 0 heterocycles. The SMILES string of the molecule is COc1c(Br)cc(C2(N)CCCCC2)cc1OC1CCCC1. The van der Waals surface area contributed by atoms with Crippen LogP contribution >= 0.6 is 15.9 Å². The lowest BCUT2D eigenvalue weighted by atomic mass is 9.77. The van der Waals surface area contributed by atoms with Crippen LogP contribution in [0.15, 0.2) is 16.6 Å². The molecule has 3 nitrogen and oxygen atoms in total. The number of hydrogen-bond acceptors (Lipinski definition) is 3. The molecule has 2 saturated carbocycles. The van der Waals surface area contributed by atoms with Crippen molar-refractivity contribution in [1.82, 2.24) is 0 Å². The van der Waals surface area contributed by atoms with E-state index in [1.807, 2.05) is 0 Å². The van der Waals surface area contributed by atoms with Gasteiger partial charge in [0.2, 0.25) is 0 Å². The standard InChI is InChI=1S/C18H26BrNO2/c1-21-17-15(19)11-13(18(20)9-5-2-6-10-18)12-16(17)22-14-7-3-4-8-14/h11-12,14H,2-10,20H2,1H3. The lowest BCUT2D eigenvalue weighted by Crippen LogP contribution is -2.38. The molecule has 0 unspecified atom stereocenters. The van der Waals surface area contributed by atoms with Crippen molar-refractivity contribution >= 4 is 15.9 Å². The van der Waals surface area contributed by atoms with Gasteiger partial charge in [-0.3, -0.25) is 0 Å². The van der Waals surface area contributed by atoms with Crippen LogP contribution in [0.3, 0.4) is 0 Å². The summed E-state index contributed by atoms with van der Waals surface area (Å²) in [5.41, 5.74) is 7.65. The molecule has 0 atom stereocenters. The number of methoxy groups -OCH3 is 1. The summed E-state index contributed by atoms with van der Waals surface area (Å²) in [6.07, 6.45) is 10.9. The second-order valence-electron chi connectivity index (χ2n) is 6.73. The molecule has 2 N–H and O–H groups in total. The first-order valence-electron chi connectivity index (χ1n) is 8.46. The molecular weight excluding hydrogens is 342 g/mol. The van der Waals surface area contributed by atoms with Crippen molar-refractivity contribution in [1.29, 1.82) is 0 Å². The summed E-state index contributed by atoms with van der Waals surface area (Å²) in [4.78, 5) is 0. The van der Waals surface area contributed by atoms with E-state index in [0.29, 0.717) is 6.10 Å². The molecule has 0 saturated heterocycles. The van der Waals surface area contributed by atoms with E-state index in [0.717, 1.165) is 41.7 Å². The molecule has 1 aromatic carbocycles. The van der Waals surface area contributed by atoms with Gasteiger partial charge in [-0.1, -0.05) is 19.3 Å². The van der Waals surface area contributed by atoms with Crippen LogP contribution in [0.2, 0.25) is 0 Å². The van der Waals surface area contributed by atoms with Crippen LogP contribution in [0.4, 0.5) is 0 Å². The molecule has 4 heteroatoms. The molecular formula is C18H26BrNO2. The fourth-order valence-corrected chi connectivity index (χ4v) is 4.40. The third kappa shape index (κ3) is 3.28. The van der Waals surface area contributed by atoms with Crippen LogP contribution in [0.1, 0.15) is 63.4 Å². The van der Waals surface area contributed by atoms with Crippen LogP contribution < -0.4 is 15.2 Å². The van der Waals surface area contributed by atoms with Crippen LogP contribution in [0.5, 0.6) is 11.5 Å². The second-order valence-corrected chi connectivity index (χ2v) is 7.58. The third-order valence-corrected chi connectivity index (χ3v) is 5.72. The van der Waals surface area contributed by atoms with E-state index in [1.54, 1.807) is 7.11 Å². The summed E-state index contributed by atoms with van der Waals surface area (Å²) in [6.45, 7) is 0. The van der Waals surface area contributed by atoms with Crippen molar-refractivity contribution < 1.29 is 9.47 Å².